The van der Waals surface area contributed by atoms with Gasteiger partial charge in [0.1, 0.15) is 0 Å². The maximum atomic E-state index is 12.4. The van der Waals surface area contributed by atoms with E-state index in [1.807, 2.05) is 0 Å². The van der Waals surface area contributed by atoms with Crippen molar-refractivity contribution < 1.29 is 4.79 Å². The predicted molar refractivity (Wildman–Crippen MR) is 65.0 cm³/mol. The number of rotatable bonds is 4. The lowest BCUT2D eigenvalue weighted by molar-refractivity contribution is -0.137. The molecular formula is C13H24N2O. The van der Waals surface area contributed by atoms with Crippen molar-refractivity contribution >= 4 is 5.91 Å². The molecule has 0 aromatic heterocycles. The number of hydrogen-bond acceptors (Lipinski definition) is 2. The van der Waals surface area contributed by atoms with Gasteiger partial charge in [-0.3, -0.25) is 4.79 Å². The lowest BCUT2D eigenvalue weighted by Gasteiger charge is -2.31. The van der Waals surface area contributed by atoms with E-state index in [-0.39, 0.29) is 12.0 Å². The summed E-state index contributed by atoms with van der Waals surface area (Å²) in [7, 11) is 0. The van der Waals surface area contributed by atoms with Gasteiger partial charge in [0.05, 0.1) is 0 Å². The van der Waals surface area contributed by atoms with Crippen molar-refractivity contribution in [2.24, 2.45) is 11.7 Å². The van der Waals surface area contributed by atoms with Crippen LogP contribution in [0.25, 0.3) is 0 Å². The Kier molecular flexibility index (Phi) is 3.85. The quantitative estimate of drug-likeness (QED) is 0.793. The minimum Gasteiger partial charge on any atom is -0.339 e. The molecule has 16 heavy (non-hydrogen) atoms. The Bertz CT molecular complexity index is 250. The monoisotopic (exact) mass is 224 g/mol. The largest absolute Gasteiger partial charge is 0.339 e. The molecule has 2 aliphatic rings. The molecule has 1 amide bonds. The van der Waals surface area contributed by atoms with Gasteiger partial charge in [-0.25, -0.2) is 0 Å². The van der Waals surface area contributed by atoms with E-state index < -0.39 is 0 Å². The Labute approximate surface area is 98.4 Å². The highest BCUT2D eigenvalue weighted by molar-refractivity contribution is 5.79. The summed E-state index contributed by atoms with van der Waals surface area (Å²) >= 11 is 0. The minimum atomic E-state index is 0.218. The molecule has 0 spiro atoms. The van der Waals surface area contributed by atoms with Gasteiger partial charge in [0.2, 0.25) is 5.91 Å². The first-order valence-corrected chi connectivity index (χ1v) is 6.78. The molecule has 3 nitrogen and oxygen atoms in total. The number of carbonyl (C=O) groups excluding carboxylic acids is 1. The van der Waals surface area contributed by atoms with Crippen molar-refractivity contribution in [3.05, 3.63) is 0 Å². The third kappa shape index (κ3) is 2.76. The third-order valence-electron chi connectivity index (χ3n) is 3.80. The fourth-order valence-corrected chi connectivity index (χ4v) is 2.79. The molecule has 0 aromatic rings. The van der Waals surface area contributed by atoms with Gasteiger partial charge in [-0.1, -0.05) is 13.3 Å². The molecule has 2 unspecified atom stereocenters. The van der Waals surface area contributed by atoms with Gasteiger partial charge in [-0.05, 0) is 38.5 Å². The fraction of sp³-hybridized carbons (Fsp3) is 0.923. The maximum absolute atomic E-state index is 12.4. The van der Waals surface area contributed by atoms with E-state index in [1.165, 1.54) is 12.8 Å². The summed E-state index contributed by atoms with van der Waals surface area (Å²) in [6, 6.07) is 0.816. The molecular weight excluding hydrogens is 200 g/mol. The zero-order valence-corrected chi connectivity index (χ0v) is 10.3. The van der Waals surface area contributed by atoms with E-state index in [1.54, 1.807) is 0 Å². The zero-order valence-electron chi connectivity index (χ0n) is 10.3. The van der Waals surface area contributed by atoms with Crippen LogP contribution in [0, 0.1) is 5.92 Å². The highest BCUT2D eigenvalue weighted by Crippen LogP contribution is 2.32. The Hall–Kier alpha value is -0.570. The molecule has 2 aliphatic carbocycles. The van der Waals surface area contributed by atoms with Gasteiger partial charge in [-0.15, -0.1) is 0 Å². The first-order chi connectivity index (χ1) is 7.72. The molecule has 2 rings (SSSR count). The number of nitrogens with two attached hydrogens (primary N) is 1. The van der Waals surface area contributed by atoms with Gasteiger partial charge < -0.3 is 10.6 Å². The van der Waals surface area contributed by atoms with Crippen LogP contribution in [0.15, 0.2) is 0 Å². The summed E-state index contributed by atoms with van der Waals surface area (Å²) < 4.78 is 0. The minimum absolute atomic E-state index is 0.218. The Balaban J connectivity index is 1.92. The lowest BCUT2D eigenvalue weighted by atomic mass is 9.85. The molecule has 0 bridgehead atoms. The summed E-state index contributed by atoms with van der Waals surface area (Å²) in [6.07, 6.45) is 7.68. The highest BCUT2D eigenvalue weighted by Gasteiger charge is 2.36. The van der Waals surface area contributed by atoms with Crippen LogP contribution in [0.3, 0.4) is 0 Å². The first-order valence-electron chi connectivity index (χ1n) is 6.78. The Morgan fingerprint density at radius 3 is 2.62 bits per heavy atom. The molecule has 2 atom stereocenters. The smallest absolute Gasteiger partial charge is 0.225 e. The zero-order chi connectivity index (χ0) is 11.5. The van der Waals surface area contributed by atoms with E-state index in [9.17, 15) is 4.79 Å². The van der Waals surface area contributed by atoms with Crippen LogP contribution in [0.1, 0.15) is 51.9 Å². The van der Waals surface area contributed by atoms with E-state index in [2.05, 4.69) is 11.8 Å². The van der Waals surface area contributed by atoms with Gasteiger partial charge in [0.15, 0.2) is 0 Å². The normalized spacial score (nSPS) is 30.1. The second-order valence-corrected chi connectivity index (χ2v) is 5.39. The van der Waals surface area contributed by atoms with Gasteiger partial charge in [-0.2, -0.15) is 0 Å². The summed E-state index contributed by atoms with van der Waals surface area (Å²) in [5, 5.41) is 0. The van der Waals surface area contributed by atoms with Crippen LogP contribution in [0.2, 0.25) is 0 Å². The lowest BCUT2D eigenvalue weighted by Crippen LogP contribution is -2.42. The SMILES string of the molecule is CCCN(C(=O)C1CCCC(N)C1)C1CC1. The van der Waals surface area contributed by atoms with Gasteiger partial charge >= 0.3 is 0 Å². The topological polar surface area (TPSA) is 46.3 Å². The molecule has 0 heterocycles. The van der Waals surface area contributed by atoms with E-state index in [0.717, 1.165) is 38.6 Å². The standard InChI is InChI=1S/C13H24N2O/c1-2-8-15(12-6-7-12)13(16)10-4-3-5-11(14)9-10/h10-12H,2-9,14H2,1H3. The molecule has 3 heteroatoms. The Morgan fingerprint density at radius 1 is 1.31 bits per heavy atom. The third-order valence-corrected chi connectivity index (χ3v) is 3.80. The van der Waals surface area contributed by atoms with Crippen molar-refractivity contribution in [3.8, 4) is 0 Å². The number of amides is 1. The second-order valence-electron chi connectivity index (χ2n) is 5.39. The van der Waals surface area contributed by atoms with Gasteiger partial charge in [0, 0.05) is 24.5 Å². The average molecular weight is 224 g/mol. The molecule has 0 saturated heterocycles. The van der Waals surface area contributed by atoms with Crippen molar-refractivity contribution in [2.45, 2.75) is 64.0 Å². The number of carbonyl (C=O) groups is 1. The van der Waals surface area contributed by atoms with E-state index in [4.69, 9.17) is 5.73 Å². The van der Waals surface area contributed by atoms with Gasteiger partial charge in [0.25, 0.3) is 0 Å². The summed E-state index contributed by atoms with van der Waals surface area (Å²) in [6.45, 7) is 3.09. The number of hydrogen-bond donors (Lipinski definition) is 1. The molecule has 0 radical (unpaired) electrons. The molecule has 92 valence electrons. The van der Waals surface area contributed by atoms with Crippen LogP contribution >= 0.6 is 0 Å². The molecule has 0 aliphatic heterocycles. The van der Waals surface area contributed by atoms with Crippen molar-refractivity contribution in [3.63, 3.8) is 0 Å². The van der Waals surface area contributed by atoms with Crippen LogP contribution in [0.5, 0.6) is 0 Å². The van der Waals surface area contributed by atoms with Crippen molar-refractivity contribution in [1.82, 2.24) is 4.90 Å². The van der Waals surface area contributed by atoms with E-state index in [0.29, 0.717) is 11.9 Å². The summed E-state index contributed by atoms with van der Waals surface area (Å²) in [5.41, 5.74) is 5.96. The molecule has 2 N–H and O–H groups in total. The maximum Gasteiger partial charge on any atom is 0.225 e. The highest BCUT2D eigenvalue weighted by atomic mass is 16.2. The Morgan fingerprint density at radius 2 is 2.06 bits per heavy atom. The predicted octanol–water partition coefficient (Wildman–Crippen LogP) is 1.90. The van der Waals surface area contributed by atoms with Crippen LogP contribution < -0.4 is 5.73 Å². The second kappa shape index (κ2) is 5.17. The van der Waals surface area contributed by atoms with Crippen molar-refractivity contribution in [1.29, 1.82) is 0 Å². The first kappa shape index (κ1) is 11.9. The van der Waals surface area contributed by atoms with Crippen molar-refractivity contribution in [2.75, 3.05) is 6.54 Å². The summed E-state index contributed by atoms with van der Waals surface area (Å²) in [5.74, 6) is 0.607. The molecule has 0 aromatic carbocycles. The van der Waals surface area contributed by atoms with Crippen LogP contribution in [-0.4, -0.2) is 29.4 Å². The number of nitrogens with zero attached hydrogens (tertiary/aromatic N) is 1. The molecule has 2 saturated carbocycles. The van der Waals surface area contributed by atoms with Crippen LogP contribution in [0.4, 0.5) is 0 Å². The summed E-state index contributed by atoms with van der Waals surface area (Å²) in [4.78, 5) is 14.5. The fourth-order valence-electron chi connectivity index (χ4n) is 2.79. The van der Waals surface area contributed by atoms with E-state index >= 15 is 0 Å². The average Bonchev–Trinajstić information content (AvgIpc) is 3.09. The van der Waals surface area contributed by atoms with Crippen LogP contribution in [-0.2, 0) is 4.79 Å². The molecule has 2 fully saturated rings.